The summed E-state index contributed by atoms with van der Waals surface area (Å²) in [5.41, 5.74) is 0. The fraction of sp³-hybridized carbons (Fsp3) is 0.714. The van der Waals surface area contributed by atoms with Crippen LogP contribution in [0.2, 0.25) is 0 Å². The van der Waals surface area contributed by atoms with Crippen molar-refractivity contribution < 1.29 is 4.42 Å². The summed E-state index contributed by atoms with van der Waals surface area (Å²) < 4.78 is 5.01. The first-order chi connectivity index (χ1) is 4.83. The third kappa shape index (κ3) is 4.59. The number of aromatic nitrogens is 2. The molecule has 3 nitrogen and oxygen atoms in total. The predicted molar refractivity (Wildman–Crippen MR) is 45.5 cm³/mol. The first kappa shape index (κ1) is 12.8. The van der Waals surface area contributed by atoms with Crippen molar-refractivity contribution >= 4 is 8.41 Å². The molecule has 0 aliphatic heterocycles. The molecule has 3 radical (unpaired) electrons. The van der Waals surface area contributed by atoms with Crippen LogP contribution in [-0.4, -0.2) is 18.6 Å². The highest BCUT2D eigenvalue weighted by molar-refractivity contribution is 5.75. The summed E-state index contributed by atoms with van der Waals surface area (Å²) in [5, 5.41) is 7.39. The van der Waals surface area contributed by atoms with Crippen LogP contribution >= 0.6 is 0 Å². The van der Waals surface area contributed by atoms with E-state index in [-0.39, 0.29) is 8.41 Å². The van der Waals surface area contributed by atoms with Crippen molar-refractivity contribution in [2.45, 2.75) is 34.1 Å². The van der Waals surface area contributed by atoms with E-state index in [1.165, 1.54) is 0 Å². The molecule has 0 aliphatic rings. The number of nitrogens with zero attached hydrogens (tertiary/aromatic N) is 2. The average Bonchev–Trinajstić information content (AvgIpc) is 2.40. The molecule has 0 unspecified atom stereocenters. The summed E-state index contributed by atoms with van der Waals surface area (Å²) in [6, 6.07) is 0. The van der Waals surface area contributed by atoms with Crippen LogP contribution in [0.15, 0.2) is 4.42 Å². The summed E-state index contributed by atoms with van der Waals surface area (Å²) in [7, 11) is 0. The molecule has 1 aromatic rings. The fourth-order valence-corrected chi connectivity index (χ4v) is 0.480. The van der Waals surface area contributed by atoms with Gasteiger partial charge in [-0.3, -0.25) is 0 Å². The molecule has 0 amide bonds. The lowest BCUT2D eigenvalue weighted by Crippen LogP contribution is -1.76. The Labute approximate surface area is 69.8 Å². The Kier molecular flexibility index (Phi) is 8.54. The van der Waals surface area contributed by atoms with Gasteiger partial charge < -0.3 is 4.42 Å². The van der Waals surface area contributed by atoms with E-state index in [0.717, 1.165) is 6.42 Å². The fourth-order valence-electron chi connectivity index (χ4n) is 0.480. The van der Waals surface area contributed by atoms with Gasteiger partial charge in [-0.05, 0) is 0 Å². The van der Waals surface area contributed by atoms with Gasteiger partial charge in [0.05, 0.1) is 0 Å². The van der Waals surface area contributed by atoms with Crippen LogP contribution in [0.4, 0.5) is 0 Å². The van der Waals surface area contributed by atoms with E-state index in [4.69, 9.17) is 4.42 Å². The lowest BCUT2D eigenvalue weighted by molar-refractivity contribution is 0.473. The van der Waals surface area contributed by atoms with Gasteiger partial charge in [0, 0.05) is 21.8 Å². The highest BCUT2D eigenvalue weighted by Crippen LogP contribution is 1.96. The Morgan fingerprint density at radius 3 is 2.00 bits per heavy atom. The Hall–Kier alpha value is -0.795. The van der Waals surface area contributed by atoms with Crippen molar-refractivity contribution in [2.75, 3.05) is 0 Å². The zero-order chi connectivity index (χ0) is 7.98. The van der Waals surface area contributed by atoms with Crippen LogP contribution in [0.1, 0.15) is 32.6 Å². The minimum absolute atomic E-state index is 0. The maximum atomic E-state index is 5.01. The van der Waals surface area contributed by atoms with Gasteiger partial charge in [-0.1, -0.05) is 20.8 Å². The average molecular weight is 153 g/mol. The molecule has 1 rings (SSSR count). The third-order valence-corrected chi connectivity index (χ3v) is 0.870. The molecule has 0 saturated heterocycles. The second-order valence-corrected chi connectivity index (χ2v) is 1.57. The van der Waals surface area contributed by atoms with E-state index < -0.39 is 0 Å². The monoisotopic (exact) mass is 153 g/mol. The van der Waals surface area contributed by atoms with Gasteiger partial charge >= 0.3 is 0 Å². The quantitative estimate of drug-likeness (QED) is 0.575. The van der Waals surface area contributed by atoms with Crippen LogP contribution in [-0.2, 0) is 6.42 Å². The molecule has 0 atom stereocenters. The molecule has 0 bridgehead atoms. The second-order valence-electron chi connectivity index (χ2n) is 1.57. The van der Waals surface area contributed by atoms with Crippen molar-refractivity contribution in [1.82, 2.24) is 10.2 Å². The Morgan fingerprint density at radius 2 is 1.82 bits per heavy atom. The minimum atomic E-state index is 0. The van der Waals surface area contributed by atoms with E-state index in [9.17, 15) is 0 Å². The Balaban J connectivity index is 0. The lowest BCUT2D eigenvalue weighted by Gasteiger charge is -1.77. The van der Waals surface area contributed by atoms with E-state index in [2.05, 4.69) is 10.2 Å². The van der Waals surface area contributed by atoms with Crippen molar-refractivity contribution in [1.29, 1.82) is 0 Å². The maximum Gasteiger partial charge on any atom is 0.216 e. The topological polar surface area (TPSA) is 38.9 Å². The molecule has 0 spiro atoms. The predicted octanol–water partition coefficient (Wildman–Crippen LogP) is 1.59. The summed E-state index contributed by atoms with van der Waals surface area (Å²) in [4.78, 5) is 0. The van der Waals surface area contributed by atoms with Crippen LogP contribution in [0, 0.1) is 6.92 Å². The largest absolute Gasteiger partial charge is 0.426 e. The zero-order valence-corrected chi connectivity index (χ0v) is 7.59. The van der Waals surface area contributed by atoms with Crippen LogP contribution in [0.5, 0.6) is 0 Å². The number of hydrogen-bond acceptors (Lipinski definition) is 3. The highest BCUT2D eigenvalue weighted by Gasteiger charge is 1.94. The van der Waals surface area contributed by atoms with Crippen LogP contribution < -0.4 is 0 Å². The smallest absolute Gasteiger partial charge is 0.216 e. The second kappa shape index (κ2) is 7.31. The number of hydrogen-bond donors (Lipinski definition) is 0. The lowest BCUT2D eigenvalue weighted by atomic mass is 10.5. The molecular formula is C7H14BN2O. The molecule has 1 aromatic heterocycles. The maximum absolute atomic E-state index is 5.01. The van der Waals surface area contributed by atoms with Gasteiger partial charge in [-0.2, -0.15) is 0 Å². The van der Waals surface area contributed by atoms with Gasteiger partial charge in [-0.25, -0.2) is 0 Å². The first-order valence-corrected chi connectivity index (χ1v) is 3.62. The summed E-state index contributed by atoms with van der Waals surface area (Å²) >= 11 is 0. The van der Waals surface area contributed by atoms with Gasteiger partial charge in [0.15, 0.2) is 0 Å². The van der Waals surface area contributed by atoms with E-state index in [1.54, 1.807) is 6.92 Å². The van der Waals surface area contributed by atoms with Crippen molar-refractivity contribution in [3.8, 4) is 0 Å². The SMILES string of the molecule is CC.CCc1nnc(C)o1.[B]. The van der Waals surface area contributed by atoms with Gasteiger partial charge in [0.2, 0.25) is 11.8 Å². The van der Waals surface area contributed by atoms with Crippen LogP contribution in [0.3, 0.4) is 0 Å². The van der Waals surface area contributed by atoms with E-state index in [0.29, 0.717) is 11.8 Å². The number of rotatable bonds is 1. The summed E-state index contributed by atoms with van der Waals surface area (Å²) in [5.74, 6) is 1.35. The molecule has 61 valence electrons. The highest BCUT2D eigenvalue weighted by atomic mass is 16.4. The normalized spacial score (nSPS) is 7.64. The molecule has 0 aliphatic carbocycles. The first-order valence-electron chi connectivity index (χ1n) is 3.62. The third-order valence-electron chi connectivity index (χ3n) is 0.870. The van der Waals surface area contributed by atoms with Crippen molar-refractivity contribution in [3.05, 3.63) is 11.8 Å². The molecule has 0 saturated carbocycles. The Morgan fingerprint density at radius 1 is 1.27 bits per heavy atom. The van der Waals surface area contributed by atoms with Crippen molar-refractivity contribution in [2.24, 2.45) is 0 Å². The molecule has 0 aromatic carbocycles. The van der Waals surface area contributed by atoms with Gasteiger partial charge in [-0.15, -0.1) is 10.2 Å². The zero-order valence-electron chi connectivity index (χ0n) is 7.59. The minimum Gasteiger partial charge on any atom is -0.426 e. The van der Waals surface area contributed by atoms with Gasteiger partial charge in [0.1, 0.15) is 0 Å². The standard InChI is InChI=1S/C5H8N2O.C2H6.B/c1-3-5-7-6-4(2)8-5;1-2;/h3H2,1-2H3;1-2H3;. The molecule has 1 heterocycles. The molecule has 11 heavy (non-hydrogen) atoms. The van der Waals surface area contributed by atoms with Crippen LogP contribution in [0.25, 0.3) is 0 Å². The van der Waals surface area contributed by atoms with E-state index >= 15 is 0 Å². The molecular weight excluding hydrogens is 139 g/mol. The molecule has 4 heteroatoms. The van der Waals surface area contributed by atoms with E-state index in [1.807, 2.05) is 20.8 Å². The summed E-state index contributed by atoms with van der Waals surface area (Å²) in [6.07, 6.45) is 0.820. The van der Waals surface area contributed by atoms with Crippen molar-refractivity contribution in [3.63, 3.8) is 0 Å². The molecule has 0 N–H and O–H groups in total. The Bertz CT molecular complexity index is 177. The molecule has 0 fully saturated rings. The van der Waals surface area contributed by atoms with Gasteiger partial charge in [0.25, 0.3) is 0 Å². The number of aryl methyl sites for hydroxylation is 2. The summed E-state index contributed by atoms with van der Waals surface area (Å²) in [6.45, 7) is 7.76.